The molecule has 0 aliphatic carbocycles. The first-order valence-corrected chi connectivity index (χ1v) is 4.75. The standard InChI is InChI=1S/C9H15N3O3/c1-5(2)12-8(6(3)13)9(15-11-12)10-7(4)14/h5-6,13H,1-4H3. The molecule has 0 aliphatic rings. The first-order valence-electron chi connectivity index (χ1n) is 4.75. The van der Waals surface area contributed by atoms with E-state index in [-0.39, 0.29) is 17.8 Å². The molecule has 1 rings (SSSR count). The van der Waals surface area contributed by atoms with Gasteiger partial charge in [0.15, 0.2) is 6.04 Å². The fraction of sp³-hybridized carbons (Fsp3) is 0.667. The number of aromatic nitrogens is 2. The fourth-order valence-electron chi connectivity index (χ4n) is 1.23. The van der Waals surface area contributed by atoms with Crippen LogP contribution in [-0.2, 0) is 0 Å². The number of nitrogens with zero attached hydrogens (tertiary/aromatic N) is 3. The van der Waals surface area contributed by atoms with E-state index in [2.05, 4.69) is 10.3 Å². The molecule has 0 amide bonds. The lowest BCUT2D eigenvalue weighted by atomic mass is 10.2. The van der Waals surface area contributed by atoms with Crippen molar-refractivity contribution < 1.29 is 19.4 Å². The third kappa shape index (κ3) is 2.53. The van der Waals surface area contributed by atoms with Gasteiger partial charge in [-0.25, -0.2) is 4.99 Å². The van der Waals surface area contributed by atoms with E-state index in [4.69, 9.17) is 4.52 Å². The number of hydrogen-bond acceptors (Lipinski definition) is 5. The molecule has 1 atom stereocenters. The van der Waals surface area contributed by atoms with E-state index in [1.54, 1.807) is 6.92 Å². The molecule has 1 unspecified atom stereocenters. The van der Waals surface area contributed by atoms with E-state index in [0.717, 1.165) is 0 Å². The minimum absolute atomic E-state index is 0.0364. The van der Waals surface area contributed by atoms with Gasteiger partial charge in [0.25, 0.3) is 0 Å². The van der Waals surface area contributed by atoms with Crippen LogP contribution in [0.25, 0.3) is 0 Å². The third-order valence-electron chi connectivity index (χ3n) is 1.83. The zero-order chi connectivity index (χ0) is 11.6. The van der Waals surface area contributed by atoms with Crippen molar-refractivity contribution >= 4 is 11.8 Å². The number of aliphatic imine (C=N–C) groups is 1. The summed E-state index contributed by atoms with van der Waals surface area (Å²) in [7, 11) is 0. The van der Waals surface area contributed by atoms with E-state index in [1.165, 1.54) is 11.6 Å². The highest BCUT2D eigenvalue weighted by atomic mass is 16.5. The Morgan fingerprint density at radius 1 is 1.53 bits per heavy atom. The van der Waals surface area contributed by atoms with Crippen LogP contribution in [0.2, 0.25) is 0 Å². The monoisotopic (exact) mass is 213 g/mol. The van der Waals surface area contributed by atoms with Gasteiger partial charge in [0.2, 0.25) is 5.27 Å². The van der Waals surface area contributed by atoms with Gasteiger partial charge in [-0.05, 0) is 24.4 Å². The quantitative estimate of drug-likeness (QED) is 0.435. The first kappa shape index (κ1) is 11.6. The molecule has 84 valence electrons. The summed E-state index contributed by atoms with van der Waals surface area (Å²) in [5.74, 6) is -0.310. The second-order valence-electron chi connectivity index (χ2n) is 3.61. The van der Waals surface area contributed by atoms with Gasteiger partial charge in [0, 0.05) is 13.8 Å². The van der Waals surface area contributed by atoms with Crippen LogP contribution in [0.1, 0.15) is 45.5 Å². The highest BCUT2D eigenvalue weighted by Gasteiger charge is 2.30. The number of hydrogen-bond donors (Lipinski definition) is 1. The first-order chi connectivity index (χ1) is 6.93. The Morgan fingerprint density at radius 2 is 2.13 bits per heavy atom. The maximum Gasteiger partial charge on any atom is 0.326 e. The summed E-state index contributed by atoms with van der Waals surface area (Å²) in [6, 6.07) is 0.0364. The average Bonchev–Trinajstić information content (AvgIpc) is 2.46. The number of aliphatic hydroxyl groups is 1. The van der Waals surface area contributed by atoms with Gasteiger partial charge in [0.1, 0.15) is 6.10 Å². The molecule has 6 nitrogen and oxygen atoms in total. The van der Waals surface area contributed by atoms with Gasteiger partial charge in [-0.15, -0.1) is 0 Å². The van der Waals surface area contributed by atoms with Crippen LogP contribution in [0.3, 0.4) is 0 Å². The molecule has 0 bridgehead atoms. The summed E-state index contributed by atoms with van der Waals surface area (Å²) >= 11 is 0. The van der Waals surface area contributed by atoms with Crippen molar-refractivity contribution in [1.82, 2.24) is 5.27 Å². The predicted molar refractivity (Wildman–Crippen MR) is 50.5 cm³/mol. The summed E-state index contributed by atoms with van der Waals surface area (Å²) in [6.07, 6.45) is -0.781. The van der Waals surface area contributed by atoms with Crippen molar-refractivity contribution in [1.29, 1.82) is 0 Å². The van der Waals surface area contributed by atoms with Crippen molar-refractivity contribution in [2.45, 2.75) is 39.8 Å². The average molecular weight is 213 g/mol. The highest BCUT2D eigenvalue weighted by molar-refractivity contribution is 5.71. The van der Waals surface area contributed by atoms with E-state index < -0.39 is 6.10 Å². The molecule has 1 aromatic rings. The molecule has 0 fully saturated rings. The van der Waals surface area contributed by atoms with Crippen LogP contribution < -0.4 is 9.79 Å². The smallest absolute Gasteiger partial charge is 0.326 e. The van der Waals surface area contributed by atoms with E-state index in [0.29, 0.717) is 5.69 Å². The fourth-order valence-corrected chi connectivity index (χ4v) is 1.23. The molecule has 0 aliphatic heterocycles. The Kier molecular flexibility index (Phi) is 3.41. The maximum absolute atomic E-state index is 10.8. The van der Waals surface area contributed by atoms with Gasteiger partial charge >= 0.3 is 11.6 Å². The predicted octanol–water partition coefficient (Wildman–Crippen LogP) is 0.00650. The Bertz CT molecular complexity index is 365. The Hall–Kier alpha value is -1.43. The lowest BCUT2D eigenvalue weighted by Crippen LogP contribution is -2.42. The normalized spacial score (nSPS) is 14.7. The summed E-state index contributed by atoms with van der Waals surface area (Å²) in [5.41, 5.74) is 0.417. The second kappa shape index (κ2) is 4.39. The van der Waals surface area contributed by atoms with Crippen LogP contribution in [0.4, 0.5) is 5.88 Å². The SMILES string of the molecule is C/C([O-])=N/c1on[n+](C(C)C)c1C(C)O. The molecule has 0 spiro atoms. The van der Waals surface area contributed by atoms with E-state index in [1.807, 2.05) is 13.8 Å². The van der Waals surface area contributed by atoms with Crippen LogP contribution in [0.15, 0.2) is 9.52 Å². The lowest BCUT2D eigenvalue weighted by Gasteiger charge is -2.01. The summed E-state index contributed by atoms with van der Waals surface area (Å²) in [4.78, 5) is 3.63. The molecular weight excluding hydrogens is 198 g/mol. The molecular formula is C9H15N3O3. The molecule has 1 aromatic heterocycles. The molecule has 6 heteroatoms. The zero-order valence-corrected chi connectivity index (χ0v) is 9.26. The topological polar surface area (TPSA) is 85.6 Å². The van der Waals surface area contributed by atoms with Crippen LogP contribution >= 0.6 is 0 Å². The van der Waals surface area contributed by atoms with Crippen LogP contribution in [-0.4, -0.2) is 16.3 Å². The highest BCUT2D eigenvalue weighted by Crippen LogP contribution is 2.22. The minimum atomic E-state index is -0.781. The number of aliphatic hydroxyl groups excluding tert-OH is 1. The van der Waals surface area contributed by atoms with E-state index >= 15 is 0 Å². The van der Waals surface area contributed by atoms with Crippen molar-refractivity contribution in [3.63, 3.8) is 0 Å². The van der Waals surface area contributed by atoms with Crippen LogP contribution in [0.5, 0.6) is 0 Å². The maximum atomic E-state index is 10.8. The molecule has 15 heavy (non-hydrogen) atoms. The molecule has 1 heterocycles. The minimum Gasteiger partial charge on any atom is -0.862 e. The summed E-state index contributed by atoms with van der Waals surface area (Å²) in [5, 5.41) is 24.1. The lowest BCUT2D eigenvalue weighted by molar-refractivity contribution is -0.787. The Morgan fingerprint density at radius 3 is 2.53 bits per heavy atom. The van der Waals surface area contributed by atoms with Gasteiger partial charge < -0.3 is 10.2 Å². The summed E-state index contributed by atoms with van der Waals surface area (Å²) in [6.45, 7) is 6.68. The molecule has 0 saturated heterocycles. The Labute approximate surface area is 87.8 Å². The molecule has 0 radical (unpaired) electrons. The van der Waals surface area contributed by atoms with Gasteiger partial charge in [-0.2, -0.15) is 0 Å². The van der Waals surface area contributed by atoms with Crippen molar-refractivity contribution in [3.05, 3.63) is 5.69 Å². The largest absolute Gasteiger partial charge is 0.862 e. The van der Waals surface area contributed by atoms with Gasteiger partial charge in [-0.3, -0.25) is 4.52 Å². The second-order valence-corrected chi connectivity index (χ2v) is 3.61. The number of rotatable bonds is 3. The van der Waals surface area contributed by atoms with Crippen molar-refractivity contribution in [2.75, 3.05) is 0 Å². The molecule has 0 saturated carbocycles. The molecule has 1 N–H and O–H groups in total. The Balaban J connectivity index is 3.24. The van der Waals surface area contributed by atoms with Crippen LogP contribution in [0, 0.1) is 0 Å². The van der Waals surface area contributed by atoms with Crippen molar-refractivity contribution in [3.8, 4) is 0 Å². The third-order valence-corrected chi connectivity index (χ3v) is 1.83. The van der Waals surface area contributed by atoms with E-state index in [9.17, 15) is 10.2 Å². The van der Waals surface area contributed by atoms with Gasteiger partial charge in [-0.1, -0.05) is 0 Å². The molecule has 0 aromatic carbocycles. The summed E-state index contributed by atoms with van der Waals surface area (Å²) < 4.78 is 6.40. The van der Waals surface area contributed by atoms with Crippen molar-refractivity contribution in [2.24, 2.45) is 4.99 Å². The zero-order valence-electron chi connectivity index (χ0n) is 9.26. The van der Waals surface area contributed by atoms with Gasteiger partial charge in [0.05, 0.1) is 0 Å².